The summed E-state index contributed by atoms with van der Waals surface area (Å²) in [5.74, 6) is 0.603. The molecule has 0 radical (unpaired) electrons. The normalized spacial score (nSPS) is 16.5. The number of hydrogen-bond acceptors (Lipinski definition) is 5. The number of aromatic amines is 1. The number of benzene rings is 1. The van der Waals surface area contributed by atoms with Crippen LogP contribution in [0.5, 0.6) is 0 Å². The molecule has 9 heteroatoms. The third-order valence-corrected chi connectivity index (χ3v) is 5.44. The molecule has 0 amide bonds. The lowest BCUT2D eigenvalue weighted by molar-refractivity contribution is 0.0982. The molecule has 0 bridgehead atoms. The van der Waals surface area contributed by atoms with Crippen molar-refractivity contribution in [2.24, 2.45) is 7.05 Å². The predicted molar refractivity (Wildman–Crippen MR) is 111 cm³/mol. The summed E-state index contributed by atoms with van der Waals surface area (Å²) in [4.78, 5) is 32.8. The smallest absolute Gasteiger partial charge is 0.330 e. The first-order valence-electron chi connectivity index (χ1n) is 9.98. The van der Waals surface area contributed by atoms with Crippen LogP contribution < -0.4 is 11.2 Å². The van der Waals surface area contributed by atoms with Gasteiger partial charge < -0.3 is 9.30 Å². The molecule has 0 spiro atoms. The molecule has 1 atom stereocenters. The van der Waals surface area contributed by atoms with Crippen LogP contribution in [0.3, 0.4) is 0 Å². The van der Waals surface area contributed by atoms with Crippen LogP contribution in [0.2, 0.25) is 0 Å². The molecule has 0 unspecified atom stereocenters. The Morgan fingerprint density at radius 2 is 2.03 bits per heavy atom. The van der Waals surface area contributed by atoms with Gasteiger partial charge in [-0.2, -0.15) is 5.10 Å². The maximum absolute atomic E-state index is 12.9. The molecule has 1 fully saturated rings. The van der Waals surface area contributed by atoms with Crippen molar-refractivity contribution in [3.63, 3.8) is 0 Å². The number of nitrogens with one attached hydrogen (secondary N) is 1. The number of nitrogens with zero attached hydrogens (tertiary/aromatic N) is 5. The Kier molecular flexibility index (Phi) is 4.59. The van der Waals surface area contributed by atoms with Crippen LogP contribution in [0.15, 0.2) is 52.3 Å². The van der Waals surface area contributed by atoms with E-state index >= 15 is 0 Å². The molecule has 4 aromatic rings. The molecule has 1 N–H and O–H groups in total. The lowest BCUT2D eigenvalue weighted by Gasteiger charge is -2.13. The summed E-state index contributed by atoms with van der Waals surface area (Å²) in [5, 5.41) is 4.24. The number of aryl methyl sites for hydroxylation is 1. The molecule has 9 nitrogen and oxygen atoms in total. The molecule has 154 valence electrons. The second kappa shape index (κ2) is 7.42. The van der Waals surface area contributed by atoms with Gasteiger partial charge in [0, 0.05) is 19.9 Å². The summed E-state index contributed by atoms with van der Waals surface area (Å²) in [6.07, 6.45) is 5.48. The quantitative estimate of drug-likeness (QED) is 0.542. The van der Waals surface area contributed by atoms with Crippen molar-refractivity contribution < 1.29 is 4.74 Å². The average molecular weight is 406 g/mol. The Morgan fingerprint density at radius 3 is 2.73 bits per heavy atom. The minimum Gasteiger partial charge on any atom is -0.376 e. The third-order valence-electron chi connectivity index (χ3n) is 5.44. The van der Waals surface area contributed by atoms with Gasteiger partial charge in [0.1, 0.15) is 5.82 Å². The highest BCUT2D eigenvalue weighted by Crippen LogP contribution is 2.25. The lowest BCUT2D eigenvalue weighted by atomic mass is 10.2. The van der Waals surface area contributed by atoms with Gasteiger partial charge in [0.05, 0.1) is 31.0 Å². The number of aromatic nitrogens is 6. The fraction of sp³-hybridized carbons (Fsp3) is 0.333. The minimum atomic E-state index is -0.476. The lowest BCUT2D eigenvalue weighted by Crippen LogP contribution is -2.32. The number of fused-ring (bicyclic) bond motifs is 1. The van der Waals surface area contributed by atoms with Crippen LogP contribution in [0.25, 0.3) is 22.6 Å². The Bertz CT molecular complexity index is 1310. The van der Waals surface area contributed by atoms with Crippen LogP contribution in [0.4, 0.5) is 0 Å². The van der Waals surface area contributed by atoms with Crippen molar-refractivity contribution in [1.29, 1.82) is 0 Å². The zero-order valence-electron chi connectivity index (χ0n) is 16.6. The van der Waals surface area contributed by atoms with Gasteiger partial charge in [-0.3, -0.25) is 19.0 Å². The van der Waals surface area contributed by atoms with Gasteiger partial charge >= 0.3 is 5.69 Å². The highest BCUT2D eigenvalue weighted by atomic mass is 16.5. The van der Waals surface area contributed by atoms with Crippen LogP contribution in [0, 0.1) is 0 Å². The predicted octanol–water partition coefficient (Wildman–Crippen LogP) is 1.51. The van der Waals surface area contributed by atoms with Gasteiger partial charge in [-0.05, 0) is 18.4 Å². The first-order valence-corrected chi connectivity index (χ1v) is 9.98. The topological polar surface area (TPSA) is 99.7 Å². The van der Waals surface area contributed by atoms with E-state index in [0.717, 1.165) is 24.0 Å². The van der Waals surface area contributed by atoms with E-state index in [1.807, 2.05) is 48.1 Å². The number of H-pyrrole nitrogens is 1. The molecular weight excluding hydrogens is 384 g/mol. The highest BCUT2D eigenvalue weighted by Gasteiger charge is 2.24. The molecule has 3 aromatic heterocycles. The van der Waals surface area contributed by atoms with E-state index in [-0.39, 0.29) is 6.10 Å². The third kappa shape index (κ3) is 3.26. The Hall–Kier alpha value is -3.46. The van der Waals surface area contributed by atoms with Crippen LogP contribution >= 0.6 is 0 Å². The molecule has 5 rings (SSSR count). The van der Waals surface area contributed by atoms with E-state index in [1.54, 1.807) is 10.9 Å². The van der Waals surface area contributed by atoms with Crippen LogP contribution in [-0.2, 0) is 24.9 Å². The number of rotatable bonds is 5. The minimum absolute atomic E-state index is 0.00622. The van der Waals surface area contributed by atoms with Crippen molar-refractivity contribution in [2.75, 3.05) is 6.61 Å². The molecule has 30 heavy (non-hydrogen) atoms. The Labute approximate surface area is 171 Å². The summed E-state index contributed by atoms with van der Waals surface area (Å²) in [6.45, 7) is 1.53. The zero-order valence-corrected chi connectivity index (χ0v) is 16.6. The first-order chi connectivity index (χ1) is 14.6. The molecule has 0 saturated carbocycles. The second-order valence-electron chi connectivity index (χ2n) is 7.59. The van der Waals surface area contributed by atoms with E-state index in [1.165, 1.54) is 4.57 Å². The molecule has 4 heterocycles. The van der Waals surface area contributed by atoms with E-state index in [2.05, 4.69) is 10.1 Å². The van der Waals surface area contributed by atoms with Crippen LogP contribution in [-0.4, -0.2) is 41.6 Å². The summed E-state index contributed by atoms with van der Waals surface area (Å²) in [5.41, 5.74) is 1.55. The summed E-state index contributed by atoms with van der Waals surface area (Å²) in [7, 11) is 1.83. The monoisotopic (exact) mass is 406 g/mol. The van der Waals surface area contributed by atoms with Crippen molar-refractivity contribution in [1.82, 2.24) is 28.9 Å². The second-order valence-corrected chi connectivity index (χ2v) is 7.59. The van der Waals surface area contributed by atoms with Crippen LogP contribution in [0.1, 0.15) is 18.4 Å². The summed E-state index contributed by atoms with van der Waals surface area (Å²) >= 11 is 0. The van der Waals surface area contributed by atoms with Gasteiger partial charge in [0.15, 0.2) is 11.2 Å². The van der Waals surface area contributed by atoms with E-state index in [9.17, 15) is 9.59 Å². The van der Waals surface area contributed by atoms with Gasteiger partial charge in [0.2, 0.25) is 0 Å². The van der Waals surface area contributed by atoms with Gasteiger partial charge in [-0.1, -0.05) is 30.3 Å². The molecular formula is C21H22N6O3. The zero-order chi connectivity index (χ0) is 20.7. The SMILES string of the molecule is Cn1cc(-c2nc3c(c(=O)[nH]c(=O)n3Cc3ccccc3)n2C[C@@H]2CCCO2)cn1. The number of ether oxygens (including phenoxy) is 1. The average Bonchev–Trinajstić information content (AvgIpc) is 3.47. The Morgan fingerprint density at radius 1 is 1.20 bits per heavy atom. The number of hydrogen-bond donors (Lipinski definition) is 1. The van der Waals surface area contributed by atoms with Crippen molar-refractivity contribution in [2.45, 2.75) is 32.0 Å². The fourth-order valence-electron chi connectivity index (χ4n) is 4.01. The molecule has 0 aliphatic carbocycles. The van der Waals surface area contributed by atoms with Crippen molar-refractivity contribution >= 4 is 11.2 Å². The van der Waals surface area contributed by atoms with E-state index < -0.39 is 11.2 Å². The highest BCUT2D eigenvalue weighted by molar-refractivity contribution is 5.76. The first kappa shape index (κ1) is 18.6. The van der Waals surface area contributed by atoms with Crippen molar-refractivity contribution in [3.05, 3.63) is 69.1 Å². The summed E-state index contributed by atoms with van der Waals surface area (Å²) in [6, 6.07) is 9.63. The maximum atomic E-state index is 12.9. The largest absolute Gasteiger partial charge is 0.376 e. The number of imidazole rings is 1. The Balaban J connectivity index is 1.73. The molecule has 1 aromatic carbocycles. The fourth-order valence-corrected chi connectivity index (χ4v) is 4.01. The molecule has 1 aliphatic rings. The standard InChI is InChI=1S/C21H22N6O3/c1-25-12-15(10-22-25)18-23-19-17(26(18)13-16-8-5-9-30-16)20(28)24-21(29)27(19)11-14-6-3-2-4-7-14/h2-4,6-7,10,12,16H,5,8-9,11,13H2,1H3,(H,24,28,29)/t16-/m0/s1. The van der Waals surface area contributed by atoms with Gasteiger partial charge in [0.25, 0.3) is 5.56 Å². The summed E-state index contributed by atoms with van der Waals surface area (Å²) < 4.78 is 10.9. The van der Waals surface area contributed by atoms with Gasteiger partial charge in [-0.25, -0.2) is 9.78 Å². The van der Waals surface area contributed by atoms with E-state index in [4.69, 9.17) is 9.72 Å². The van der Waals surface area contributed by atoms with Crippen molar-refractivity contribution in [3.8, 4) is 11.4 Å². The molecule has 1 saturated heterocycles. The molecule has 1 aliphatic heterocycles. The maximum Gasteiger partial charge on any atom is 0.330 e. The van der Waals surface area contributed by atoms with E-state index in [0.29, 0.717) is 36.7 Å². The van der Waals surface area contributed by atoms with Gasteiger partial charge in [-0.15, -0.1) is 0 Å².